The molecule has 2 rings (SSSR count). The van der Waals surface area contributed by atoms with Crippen LogP contribution in [0.5, 0.6) is 0 Å². The molecule has 0 radical (unpaired) electrons. The Morgan fingerprint density at radius 3 is 2.84 bits per heavy atom. The second kappa shape index (κ2) is 5.83. The number of amidine groups is 1. The summed E-state index contributed by atoms with van der Waals surface area (Å²) in [6, 6.07) is 4.62. The van der Waals surface area contributed by atoms with E-state index in [1.165, 1.54) is 12.1 Å². The van der Waals surface area contributed by atoms with Crippen LogP contribution in [0.2, 0.25) is 0 Å². The van der Waals surface area contributed by atoms with E-state index in [9.17, 15) is 4.39 Å². The summed E-state index contributed by atoms with van der Waals surface area (Å²) in [5.41, 5.74) is 1.17. The van der Waals surface area contributed by atoms with Gasteiger partial charge >= 0.3 is 0 Å². The molecule has 1 N–H and O–H groups in total. The highest BCUT2D eigenvalue weighted by Crippen LogP contribution is 2.33. The Bertz CT molecular complexity index is 497. The van der Waals surface area contributed by atoms with E-state index in [1.807, 2.05) is 0 Å². The molecule has 0 aromatic heterocycles. The lowest BCUT2D eigenvalue weighted by Crippen LogP contribution is -2.16. The van der Waals surface area contributed by atoms with Crippen molar-refractivity contribution in [1.82, 2.24) is 0 Å². The van der Waals surface area contributed by atoms with E-state index in [2.05, 4.69) is 47.0 Å². The number of rotatable bonds is 2. The van der Waals surface area contributed by atoms with E-state index in [1.54, 1.807) is 17.8 Å². The Morgan fingerprint density at radius 2 is 2.21 bits per heavy atom. The van der Waals surface area contributed by atoms with Crippen LogP contribution >= 0.6 is 27.7 Å². The maximum atomic E-state index is 13.0. The molecule has 0 spiro atoms. The van der Waals surface area contributed by atoms with Gasteiger partial charge in [-0.1, -0.05) is 32.5 Å². The van der Waals surface area contributed by atoms with Gasteiger partial charge in [-0.2, -0.15) is 0 Å². The van der Waals surface area contributed by atoms with Gasteiger partial charge in [0, 0.05) is 9.72 Å². The Kier molecular flexibility index (Phi) is 4.56. The van der Waals surface area contributed by atoms with Gasteiger partial charge in [0.25, 0.3) is 0 Å². The van der Waals surface area contributed by atoms with Crippen LogP contribution in [-0.2, 0) is 0 Å². The summed E-state index contributed by atoms with van der Waals surface area (Å²) >= 11 is 5.12. The first-order valence-corrected chi connectivity index (χ1v) is 7.94. The number of benzene rings is 1. The molecule has 0 saturated carbocycles. The number of nitrogens with zero attached hydrogens (tertiary/aromatic N) is 1. The standard InChI is InChI=1S/C14H18BrFN2S/c1-14(2,3)7-10-8-17-13(19-10)18-12-5-4-9(16)6-11(12)15/h4-6,10H,7-8H2,1-3H3,(H,17,18). The van der Waals surface area contributed by atoms with Gasteiger partial charge in [0.2, 0.25) is 0 Å². The van der Waals surface area contributed by atoms with Crippen molar-refractivity contribution >= 4 is 38.5 Å². The summed E-state index contributed by atoms with van der Waals surface area (Å²) in [5, 5.41) is 4.70. The van der Waals surface area contributed by atoms with Crippen LogP contribution in [0.15, 0.2) is 27.7 Å². The molecule has 1 aliphatic rings. The van der Waals surface area contributed by atoms with Gasteiger partial charge < -0.3 is 5.32 Å². The van der Waals surface area contributed by atoms with Crippen LogP contribution in [0.4, 0.5) is 10.1 Å². The van der Waals surface area contributed by atoms with Gasteiger partial charge in [-0.05, 0) is 46.0 Å². The van der Waals surface area contributed by atoms with Crippen molar-refractivity contribution in [2.75, 3.05) is 11.9 Å². The zero-order chi connectivity index (χ0) is 14.0. The summed E-state index contributed by atoms with van der Waals surface area (Å²) in [6.45, 7) is 7.59. The zero-order valence-electron chi connectivity index (χ0n) is 11.3. The summed E-state index contributed by atoms with van der Waals surface area (Å²) in [7, 11) is 0. The first-order valence-electron chi connectivity index (χ1n) is 6.27. The summed E-state index contributed by atoms with van der Waals surface area (Å²) in [4.78, 5) is 4.51. The van der Waals surface area contributed by atoms with Gasteiger partial charge in [0.15, 0.2) is 5.17 Å². The minimum Gasteiger partial charge on any atom is -0.334 e. The Balaban J connectivity index is 1.95. The Labute approximate surface area is 126 Å². The first kappa shape index (κ1) is 14.9. The SMILES string of the molecule is CC(C)(C)CC1CN=C(Nc2ccc(F)cc2Br)S1. The van der Waals surface area contributed by atoms with Crippen LogP contribution in [-0.4, -0.2) is 17.0 Å². The molecule has 0 amide bonds. The van der Waals surface area contributed by atoms with Gasteiger partial charge in [0.1, 0.15) is 5.82 Å². The monoisotopic (exact) mass is 344 g/mol. The second-order valence-electron chi connectivity index (χ2n) is 5.90. The normalized spacial score (nSPS) is 19.4. The molecule has 0 saturated heterocycles. The summed E-state index contributed by atoms with van der Waals surface area (Å²) in [6.07, 6.45) is 1.14. The molecule has 2 nitrogen and oxygen atoms in total. The smallest absolute Gasteiger partial charge is 0.161 e. The van der Waals surface area contributed by atoms with Crippen molar-refractivity contribution in [3.63, 3.8) is 0 Å². The minimum absolute atomic E-state index is 0.246. The minimum atomic E-state index is -0.246. The lowest BCUT2D eigenvalue weighted by molar-refractivity contribution is 0.375. The second-order valence-corrected chi connectivity index (χ2v) is 8.04. The molecule has 104 valence electrons. The van der Waals surface area contributed by atoms with Crippen LogP contribution in [0.3, 0.4) is 0 Å². The number of thioether (sulfide) groups is 1. The molecule has 1 heterocycles. The zero-order valence-corrected chi connectivity index (χ0v) is 13.7. The third-order valence-corrected chi connectivity index (χ3v) is 4.49. The van der Waals surface area contributed by atoms with Crippen molar-refractivity contribution in [3.8, 4) is 0 Å². The van der Waals surface area contributed by atoms with Crippen molar-refractivity contribution in [2.45, 2.75) is 32.4 Å². The van der Waals surface area contributed by atoms with E-state index >= 15 is 0 Å². The van der Waals surface area contributed by atoms with E-state index in [4.69, 9.17) is 0 Å². The van der Waals surface area contributed by atoms with Crippen LogP contribution in [0.25, 0.3) is 0 Å². The van der Waals surface area contributed by atoms with Crippen molar-refractivity contribution in [1.29, 1.82) is 0 Å². The fourth-order valence-corrected chi connectivity index (χ4v) is 3.80. The van der Waals surface area contributed by atoms with Gasteiger partial charge in [-0.3, -0.25) is 4.99 Å². The fraction of sp³-hybridized carbons (Fsp3) is 0.500. The third-order valence-electron chi connectivity index (χ3n) is 2.73. The van der Waals surface area contributed by atoms with Crippen molar-refractivity contribution < 1.29 is 4.39 Å². The Morgan fingerprint density at radius 1 is 1.47 bits per heavy atom. The van der Waals surface area contributed by atoms with E-state index in [0.29, 0.717) is 10.7 Å². The van der Waals surface area contributed by atoms with Gasteiger partial charge in [-0.15, -0.1) is 0 Å². The van der Waals surface area contributed by atoms with Gasteiger partial charge in [-0.25, -0.2) is 4.39 Å². The molecule has 0 aliphatic carbocycles. The maximum absolute atomic E-state index is 13.0. The first-order chi connectivity index (χ1) is 8.83. The quantitative estimate of drug-likeness (QED) is 0.824. The average molecular weight is 345 g/mol. The lowest BCUT2D eigenvalue weighted by Gasteiger charge is -2.21. The van der Waals surface area contributed by atoms with Crippen molar-refractivity contribution in [3.05, 3.63) is 28.5 Å². The summed E-state index contributed by atoms with van der Waals surface area (Å²) in [5.74, 6) is -0.246. The molecular weight excluding hydrogens is 327 g/mol. The molecule has 1 aromatic rings. The number of aliphatic imine (C=N–C) groups is 1. The topological polar surface area (TPSA) is 24.4 Å². The van der Waals surface area contributed by atoms with E-state index < -0.39 is 0 Å². The number of hydrogen-bond donors (Lipinski definition) is 1. The van der Waals surface area contributed by atoms with Crippen LogP contribution in [0, 0.1) is 11.2 Å². The fourth-order valence-electron chi connectivity index (χ4n) is 1.98. The predicted octanol–water partition coefficient (Wildman–Crippen LogP) is 4.91. The molecule has 1 aromatic carbocycles. The molecule has 1 atom stereocenters. The van der Waals surface area contributed by atoms with Gasteiger partial charge in [0.05, 0.1) is 12.2 Å². The highest BCUT2D eigenvalue weighted by molar-refractivity contribution is 9.10. The summed E-state index contributed by atoms with van der Waals surface area (Å²) < 4.78 is 13.7. The molecular formula is C14H18BrFN2S. The third kappa shape index (κ3) is 4.49. The molecule has 19 heavy (non-hydrogen) atoms. The number of hydrogen-bond acceptors (Lipinski definition) is 3. The number of anilines is 1. The molecule has 1 unspecified atom stereocenters. The van der Waals surface area contributed by atoms with Crippen LogP contribution in [0.1, 0.15) is 27.2 Å². The predicted molar refractivity (Wildman–Crippen MR) is 85.5 cm³/mol. The molecule has 1 aliphatic heterocycles. The van der Waals surface area contributed by atoms with E-state index in [-0.39, 0.29) is 5.82 Å². The Hall–Kier alpha value is -0.550. The molecule has 5 heteroatoms. The van der Waals surface area contributed by atoms with E-state index in [0.717, 1.165) is 28.3 Å². The average Bonchev–Trinajstić information content (AvgIpc) is 2.67. The number of nitrogens with one attached hydrogen (secondary N) is 1. The largest absolute Gasteiger partial charge is 0.334 e. The highest BCUT2D eigenvalue weighted by atomic mass is 79.9. The maximum Gasteiger partial charge on any atom is 0.161 e. The highest BCUT2D eigenvalue weighted by Gasteiger charge is 2.25. The van der Waals surface area contributed by atoms with Crippen molar-refractivity contribution in [2.24, 2.45) is 10.4 Å². The van der Waals surface area contributed by atoms with Crippen LogP contribution < -0.4 is 5.32 Å². The molecule has 0 bridgehead atoms. The lowest BCUT2D eigenvalue weighted by atomic mass is 9.90. The number of halogens is 2. The molecule has 0 fully saturated rings.